The maximum Gasteiger partial charge on any atom is 0.0880 e. The van der Waals surface area contributed by atoms with E-state index in [9.17, 15) is 0 Å². The van der Waals surface area contributed by atoms with E-state index in [1.165, 1.54) is 59.2 Å². The topological polar surface area (TPSA) is 25.8 Å². The number of thiophene rings is 1. The van der Waals surface area contributed by atoms with E-state index in [-0.39, 0.29) is 5.41 Å². The highest BCUT2D eigenvalue weighted by atomic mass is 32.1. The van der Waals surface area contributed by atoms with Gasteiger partial charge in [-0.05, 0) is 82.3 Å². The molecule has 0 N–H and O–H groups in total. The van der Waals surface area contributed by atoms with Gasteiger partial charge in [-0.3, -0.25) is 9.97 Å². The molecule has 0 spiro atoms. The summed E-state index contributed by atoms with van der Waals surface area (Å²) in [6.45, 7) is 11.5. The number of benzene rings is 2. The van der Waals surface area contributed by atoms with E-state index in [2.05, 4.69) is 83.1 Å². The molecule has 0 atom stereocenters. The molecule has 3 heteroatoms. The molecule has 0 saturated carbocycles. The fraction of sp³-hybridized carbons (Fsp3) is 0.312. The molecule has 2 aromatic carbocycles. The average Bonchev–Trinajstić information content (AvgIpc) is 3.22. The summed E-state index contributed by atoms with van der Waals surface area (Å²) in [5, 5.41) is 3.91. The zero-order valence-corrected chi connectivity index (χ0v) is 22.1. The van der Waals surface area contributed by atoms with Crippen molar-refractivity contribution in [2.75, 3.05) is 0 Å². The Kier molecular flexibility index (Phi) is 5.30. The van der Waals surface area contributed by atoms with Gasteiger partial charge in [0.25, 0.3) is 0 Å². The second-order valence-electron chi connectivity index (χ2n) is 11.3. The van der Waals surface area contributed by atoms with E-state index in [1.54, 1.807) is 0 Å². The van der Waals surface area contributed by atoms with Crippen LogP contribution in [0.3, 0.4) is 0 Å². The van der Waals surface area contributed by atoms with Crippen molar-refractivity contribution in [1.82, 2.24) is 9.97 Å². The molecule has 6 rings (SSSR count). The molecule has 2 nitrogen and oxygen atoms in total. The van der Waals surface area contributed by atoms with Crippen molar-refractivity contribution in [2.24, 2.45) is 5.92 Å². The molecule has 5 aromatic rings. The second kappa shape index (κ2) is 8.27. The Balaban J connectivity index is 1.58. The van der Waals surface area contributed by atoms with Crippen LogP contribution in [0.15, 0.2) is 60.9 Å². The Morgan fingerprint density at radius 2 is 1.66 bits per heavy atom. The molecule has 0 aliphatic heterocycles. The summed E-state index contributed by atoms with van der Waals surface area (Å²) >= 11 is 1.92. The van der Waals surface area contributed by atoms with Crippen LogP contribution in [0.25, 0.3) is 43.4 Å². The number of aromatic nitrogens is 2. The van der Waals surface area contributed by atoms with Gasteiger partial charge < -0.3 is 0 Å². The molecule has 0 fully saturated rings. The van der Waals surface area contributed by atoms with E-state index >= 15 is 0 Å². The second-order valence-corrected chi connectivity index (χ2v) is 12.4. The number of rotatable bonds is 3. The summed E-state index contributed by atoms with van der Waals surface area (Å²) in [6, 6.07) is 17.9. The van der Waals surface area contributed by atoms with E-state index in [0.717, 1.165) is 25.0 Å². The van der Waals surface area contributed by atoms with Gasteiger partial charge >= 0.3 is 0 Å². The van der Waals surface area contributed by atoms with E-state index in [4.69, 9.17) is 9.97 Å². The van der Waals surface area contributed by atoms with E-state index < -0.39 is 0 Å². The van der Waals surface area contributed by atoms with Crippen molar-refractivity contribution in [3.63, 3.8) is 0 Å². The van der Waals surface area contributed by atoms with Gasteiger partial charge in [0, 0.05) is 33.8 Å². The van der Waals surface area contributed by atoms with Gasteiger partial charge in [0.15, 0.2) is 0 Å². The molecule has 0 bridgehead atoms. The van der Waals surface area contributed by atoms with Crippen molar-refractivity contribution in [2.45, 2.75) is 59.3 Å². The van der Waals surface area contributed by atoms with E-state index in [0.29, 0.717) is 5.92 Å². The molecule has 1 aliphatic carbocycles. The highest BCUT2D eigenvalue weighted by molar-refractivity contribution is 7.20. The molecule has 0 amide bonds. The van der Waals surface area contributed by atoms with Gasteiger partial charge in [-0.2, -0.15) is 0 Å². The van der Waals surface area contributed by atoms with Crippen LogP contribution in [0, 0.1) is 5.92 Å². The SMILES string of the molecule is CC(C)Cc1ccnc2c1CCc1sc3c(-c4cc(C(C)(C)C)c5ccccc5c4)nccc3c1-2. The lowest BCUT2D eigenvalue weighted by Gasteiger charge is -2.22. The molecule has 0 radical (unpaired) electrons. The average molecular weight is 477 g/mol. The predicted molar refractivity (Wildman–Crippen MR) is 150 cm³/mol. The van der Waals surface area contributed by atoms with Crippen LogP contribution in [0.5, 0.6) is 0 Å². The monoisotopic (exact) mass is 476 g/mol. The number of nitrogens with zero attached hydrogens (tertiary/aromatic N) is 2. The van der Waals surface area contributed by atoms with Crippen LogP contribution in [0.4, 0.5) is 0 Å². The van der Waals surface area contributed by atoms with Gasteiger partial charge in [0.1, 0.15) is 0 Å². The lowest BCUT2D eigenvalue weighted by Crippen LogP contribution is -2.12. The van der Waals surface area contributed by atoms with Gasteiger partial charge in [-0.25, -0.2) is 0 Å². The summed E-state index contributed by atoms with van der Waals surface area (Å²) in [6.07, 6.45) is 7.28. The number of fused-ring (bicyclic) bond motifs is 6. The first-order valence-electron chi connectivity index (χ1n) is 12.7. The van der Waals surface area contributed by atoms with Crippen LogP contribution in [0.1, 0.15) is 56.2 Å². The number of hydrogen-bond acceptors (Lipinski definition) is 3. The standard InChI is InChI=1S/C32H32N2S/c1-19(2)16-21-12-14-34-30-24(21)10-11-27-28(30)25-13-15-33-29(31(25)35-27)22-17-20-8-6-7-9-23(20)26(18-22)32(3,4)5/h6-9,12-15,17-19H,10-11,16H2,1-5H3. The minimum atomic E-state index is 0.0495. The highest BCUT2D eigenvalue weighted by Gasteiger charge is 2.26. The zero-order valence-electron chi connectivity index (χ0n) is 21.3. The molecule has 3 heterocycles. The van der Waals surface area contributed by atoms with Crippen LogP contribution < -0.4 is 0 Å². The number of aryl methyl sites for hydroxylation is 1. The number of pyridine rings is 2. The van der Waals surface area contributed by atoms with Gasteiger partial charge in [-0.15, -0.1) is 11.3 Å². The van der Waals surface area contributed by atoms with Crippen molar-refractivity contribution < 1.29 is 0 Å². The summed E-state index contributed by atoms with van der Waals surface area (Å²) in [4.78, 5) is 11.3. The first kappa shape index (κ1) is 22.4. The molecule has 0 unspecified atom stereocenters. The fourth-order valence-corrected chi connectivity index (χ4v) is 6.98. The normalized spacial score (nSPS) is 13.4. The Bertz CT molecular complexity index is 1580. The third kappa shape index (κ3) is 3.77. The largest absolute Gasteiger partial charge is 0.256 e. The van der Waals surface area contributed by atoms with Crippen molar-refractivity contribution in [3.05, 3.63) is 82.5 Å². The van der Waals surface area contributed by atoms with Crippen LogP contribution in [0.2, 0.25) is 0 Å². The molecule has 3 aromatic heterocycles. The predicted octanol–water partition coefficient (Wildman–Crippen LogP) is 8.77. The highest BCUT2D eigenvalue weighted by Crippen LogP contribution is 2.47. The molecular weight excluding hydrogens is 444 g/mol. The Labute approximate surface area is 212 Å². The summed E-state index contributed by atoms with van der Waals surface area (Å²) < 4.78 is 1.29. The minimum Gasteiger partial charge on any atom is -0.256 e. The van der Waals surface area contributed by atoms with Crippen LogP contribution in [-0.2, 0) is 24.7 Å². The Morgan fingerprint density at radius 3 is 2.46 bits per heavy atom. The Hall–Kier alpha value is -3.04. The summed E-state index contributed by atoms with van der Waals surface area (Å²) in [5.74, 6) is 0.642. The van der Waals surface area contributed by atoms with Crippen LogP contribution >= 0.6 is 11.3 Å². The maximum atomic E-state index is 4.95. The number of hydrogen-bond donors (Lipinski definition) is 0. The van der Waals surface area contributed by atoms with Crippen molar-refractivity contribution in [3.8, 4) is 22.5 Å². The molecular formula is C32H32N2S. The smallest absolute Gasteiger partial charge is 0.0880 e. The van der Waals surface area contributed by atoms with Crippen molar-refractivity contribution >= 4 is 32.2 Å². The first-order chi connectivity index (χ1) is 16.8. The minimum absolute atomic E-state index is 0.0495. The third-order valence-electron chi connectivity index (χ3n) is 7.24. The lowest BCUT2D eigenvalue weighted by atomic mass is 9.82. The molecule has 0 saturated heterocycles. The zero-order chi connectivity index (χ0) is 24.3. The fourth-order valence-electron chi connectivity index (χ4n) is 5.68. The first-order valence-corrected chi connectivity index (χ1v) is 13.5. The molecule has 35 heavy (non-hydrogen) atoms. The quantitative estimate of drug-likeness (QED) is 0.260. The third-order valence-corrected chi connectivity index (χ3v) is 8.51. The van der Waals surface area contributed by atoms with Gasteiger partial charge in [0.2, 0.25) is 0 Å². The van der Waals surface area contributed by atoms with E-state index in [1.807, 2.05) is 23.7 Å². The Morgan fingerprint density at radius 1 is 0.886 bits per heavy atom. The molecule has 176 valence electrons. The lowest BCUT2D eigenvalue weighted by molar-refractivity contribution is 0.596. The van der Waals surface area contributed by atoms with Crippen LogP contribution in [-0.4, -0.2) is 9.97 Å². The van der Waals surface area contributed by atoms with Gasteiger partial charge in [-0.1, -0.05) is 58.9 Å². The summed E-state index contributed by atoms with van der Waals surface area (Å²) in [5.41, 5.74) is 9.18. The summed E-state index contributed by atoms with van der Waals surface area (Å²) in [7, 11) is 0. The molecule has 1 aliphatic rings. The maximum absolute atomic E-state index is 4.95. The van der Waals surface area contributed by atoms with Gasteiger partial charge in [0.05, 0.1) is 16.1 Å². The van der Waals surface area contributed by atoms with Crippen molar-refractivity contribution in [1.29, 1.82) is 0 Å².